The molecule has 0 aromatic carbocycles. The van der Waals surface area contributed by atoms with E-state index in [1.165, 1.54) is 25.7 Å². The van der Waals surface area contributed by atoms with E-state index in [4.69, 9.17) is 9.47 Å². The van der Waals surface area contributed by atoms with Crippen LogP contribution in [0.4, 0.5) is 0 Å². The van der Waals surface area contributed by atoms with Crippen LogP contribution in [0.25, 0.3) is 0 Å². The van der Waals surface area contributed by atoms with Crippen molar-refractivity contribution in [3.63, 3.8) is 0 Å². The van der Waals surface area contributed by atoms with Crippen molar-refractivity contribution in [2.45, 2.75) is 51.2 Å². The van der Waals surface area contributed by atoms with Crippen LogP contribution in [0.3, 0.4) is 0 Å². The van der Waals surface area contributed by atoms with E-state index in [1.54, 1.807) is 0 Å². The number of likely N-dealkylation sites (N-methyl/N-ethyl adjacent to an activating group) is 1. The average molecular weight is 227 g/mol. The van der Waals surface area contributed by atoms with Crippen LogP contribution in [0.5, 0.6) is 0 Å². The number of hydrogen-bond donors (Lipinski definition) is 1. The summed E-state index contributed by atoms with van der Waals surface area (Å²) in [5.41, 5.74) is 0.0205. The van der Waals surface area contributed by atoms with E-state index in [1.807, 2.05) is 0 Å². The van der Waals surface area contributed by atoms with E-state index in [-0.39, 0.29) is 5.60 Å². The van der Waals surface area contributed by atoms with Gasteiger partial charge in [-0.1, -0.05) is 6.92 Å². The minimum Gasteiger partial charge on any atom is -0.381 e. The standard InChI is InChI=1S/C13H25NO2/c1-3-14-12(11-6-9-15-10-11)13(2)7-4-5-8-16-13/h11-12,14H,3-10H2,1-2H3. The van der Waals surface area contributed by atoms with Crippen molar-refractivity contribution in [1.29, 1.82) is 0 Å². The summed E-state index contributed by atoms with van der Waals surface area (Å²) in [4.78, 5) is 0. The van der Waals surface area contributed by atoms with Gasteiger partial charge in [0.15, 0.2) is 0 Å². The zero-order valence-corrected chi connectivity index (χ0v) is 10.6. The topological polar surface area (TPSA) is 30.5 Å². The molecule has 3 nitrogen and oxygen atoms in total. The summed E-state index contributed by atoms with van der Waals surface area (Å²) in [6.07, 6.45) is 4.87. The summed E-state index contributed by atoms with van der Waals surface area (Å²) in [7, 11) is 0. The van der Waals surface area contributed by atoms with Crippen LogP contribution in [0.15, 0.2) is 0 Å². The molecule has 94 valence electrons. The third-order valence-electron chi connectivity index (χ3n) is 4.02. The molecule has 0 aliphatic carbocycles. The van der Waals surface area contributed by atoms with Crippen LogP contribution in [0, 0.1) is 5.92 Å². The van der Waals surface area contributed by atoms with Crippen LogP contribution in [0.2, 0.25) is 0 Å². The lowest BCUT2D eigenvalue weighted by molar-refractivity contribution is -0.100. The second-order valence-corrected chi connectivity index (χ2v) is 5.28. The van der Waals surface area contributed by atoms with E-state index in [2.05, 4.69) is 19.2 Å². The van der Waals surface area contributed by atoms with E-state index in [9.17, 15) is 0 Å². The van der Waals surface area contributed by atoms with Crippen LogP contribution in [0.1, 0.15) is 39.5 Å². The molecule has 0 spiro atoms. The first-order chi connectivity index (χ1) is 7.76. The van der Waals surface area contributed by atoms with Crippen molar-refractivity contribution in [2.24, 2.45) is 5.92 Å². The SMILES string of the molecule is CCNC(C1CCOC1)C1(C)CCCCO1. The van der Waals surface area contributed by atoms with Gasteiger partial charge >= 0.3 is 0 Å². The lowest BCUT2D eigenvalue weighted by atomic mass is 9.80. The van der Waals surface area contributed by atoms with Crippen molar-refractivity contribution < 1.29 is 9.47 Å². The molecule has 0 aromatic heterocycles. The van der Waals surface area contributed by atoms with Gasteiger partial charge in [0.1, 0.15) is 0 Å². The monoisotopic (exact) mass is 227 g/mol. The zero-order valence-electron chi connectivity index (χ0n) is 10.6. The van der Waals surface area contributed by atoms with Crippen molar-refractivity contribution >= 4 is 0 Å². The molecule has 2 rings (SSSR count). The van der Waals surface area contributed by atoms with Gasteiger partial charge in [0.25, 0.3) is 0 Å². The Balaban J connectivity index is 2.03. The largest absolute Gasteiger partial charge is 0.381 e. The number of rotatable bonds is 4. The fourth-order valence-electron chi connectivity index (χ4n) is 3.12. The van der Waals surface area contributed by atoms with Crippen LogP contribution >= 0.6 is 0 Å². The van der Waals surface area contributed by atoms with Crippen molar-refractivity contribution in [3.8, 4) is 0 Å². The van der Waals surface area contributed by atoms with Gasteiger partial charge in [-0.3, -0.25) is 0 Å². The van der Waals surface area contributed by atoms with Crippen molar-refractivity contribution in [2.75, 3.05) is 26.4 Å². The molecule has 1 N–H and O–H groups in total. The summed E-state index contributed by atoms with van der Waals surface area (Å²) in [6, 6.07) is 0.459. The number of ether oxygens (including phenoxy) is 2. The van der Waals surface area contributed by atoms with Crippen LogP contribution in [-0.2, 0) is 9.47 Å². The van der Waals surface area contributed by atoms with Gasteiger partial charge in [-0.25, -0.2) is 0 Å². The zero-order chi connectivity index (χ0) is 11.4. The maximum Gasteiger partial charge on any atom is 0.0810 e. The Morgan fingerprint density at radius 1 is 1.38 bits per heavy atom. The molecule has 0 radical (unpaired) electrons. The third-order valence-corrected chi connectivity index (χ3v) is 4.02. The van der Waals surface area contributed by atoms with Gasteiger partial charge in [0.05, 0.1) is 12.2 Å². The summed E-state index contributed by atoms with van der Waals surface area (Å²) in [6.45, 7) is 8.21. The highest BCUT2D eigenvalue weighted by Crippen LogP contribution is 2.34. The van der Waals surface area contributed by atoms with E-state index in [0.717, 1.165) is 26.4 Å². The van der Waals surface area contributed by atoms with Gasteiger partial charge < -0.3 is 14.8 Å². The molecule has 16 heavy (non-hydrogen) atoms. The van der Waals surface area contributed by atoms with Crippen LogP contribution in [-0.4, -0.2) is 38.0 Å². The maximum absolute atomic E-state index is 6.07. The third kappa shape index (κ3) is 2.58. The molecule has 3 atom stereocenters. The quantitative estimate of drug-likeness (QED) is 0.796. The second kappa shape index (κ2) is 5.48. The molecule has 2 aliphatic rings. The molecule has 3 unspecified atom stereocenters. The predicted octanol–water partition coefficient (Wildman–Crippen LogP) is 1.96. The highest BCUT2D eigenvalue weighted by Gasteiger charge is 2.41. The van der Waals surface area contributed by atoms with Gasteiger partial charge in [0.2, 0.25) is 0 Å². The molecule has 0 bridgehead atoms. The van der Waals surface area contributed by atoms with E-state index < -0.39 is 0 Å². The second-order valence-electron chi connectivity index (χ2n) is 5.28. The van der Waals surface area contributed by atoms with Gasteiger partial charge in [-0.15, -0.1) is 0 Å². The Hall–Kier alpha value is -0.120. The minimum atomic E-state index is 0.0205. The summed E-state index contributed by atoms with van der Waals surface area (Å²) < 4.78 is 11.6. The van der Waals surface area contributed by atoms with Crippen LogP contribution < -0.4 is 5.32 Å². The predicted molar refractivity (Wildman–Crippen MR) is 64.6 cm³/mol. The summed E-state index contributed by atoms with van der Waals surface area (Å²) in [5, 5.41) is 3.63. The molecule has 2 saturated heterocycles. The average Bonchev–Trinajstić information content (AvgIpc) is 2.80. The first-order valence-electron chi connectivity index (χ1n) is 6.71. The fourth-order valence-corrected chi connectivity index (χ4v) is 3.12. The smallest absolute Gasteiger partial charge is 0.0810 e. The normalized spacial score (nSPS) is 37.5. The Morgan fingerprint density at radius 3 is 2.81 bits per heavy atom. The highest BCUT2D eigenvalue weighted by molar-refractivity contribution is 4.96. The van der Waals surface area contributed by atoms with Crippen molar-refractivity contribution in [3.05, 3.63) is 0 Å². The molecular weight excluding hydrogens is 202 g/mol. The molecule has 2 aliphatic heterocycles. The molecule has 0 amide bonds. The van der Waals surface area contributed by atoms with Gasteiger partial charge in [0, 0.05) is 25.2 Å². The molecule has 2 fully saturated rings. The Labute approximate surface area is 98.9 Å². The lowest BCUT2D eigenvalue weighted by Gasteiger charge is -2.43. The van der Waals surface area contributed by atoms with Crippen molar-refractivity contribution in [1.82, 2.24) is 5.32 Å². The fraction of sp³-hybridized carbons (Fsp3) is 1.00. The summed E-state index contributed by atoms with van der Waals surface area (Å²) in [5.74, 6) is 0.628. The molecule has 0 aromatic rings. The molecule has 3 heteroatoms. The van der Waals surface area contributed by atoms with E-state index in [0.29, 0.717) is 12.0 Å². The molecular formula is C13H25NO2. The number of nitrogens with one attached hydrogen (secondary N) is 1. The Morgan fingerprint density at radius 2 is 2.25 bits per heavy atom. The molecule has 2 heterocycles. The Kier molecular flexibility index (Phi) is 4.22. The lowest BCUT2D eigenvalue weighted by Crippen LogP contribution is -2.56. The number of hydrogen-bond acceptors (Lipinski definition) is 3. The van der Waals surface area contributed by atoms with Gasteiger partial charge in [-0.2, -0.15) is 0 Å². The first kappa shape index (κ1) is 12.3. The minimum absolute atomic E-state index is 0.0205. The van der Waals surface area contributed by atoms with Gasteiger partial charge in [-0.05, 0) is 39.2 Å². The Bertz CT molecular complexity index is 208. The maximum atomic E-state index is 6.07. The van der Waals surface area contributed by atoms with E-state index >= 15 is 0 Å². The first-order valence-corrected chi connectivity index (χ1v) is 6.71. The summed E-state index contributed by atoms with van der Waals surface area (Å²) >= 11 is 0. The highest BCUT2D eigenvalue weighted by atomic mass is 16.5. The molecule has 0 saturated carbocycles.